The van der Waals surface area contributed by atoms with Crippen molar-refractivity contribution < 1.29 is 13.2 Å². The van der Waals surface area contributed by atoms with Gasteiger partial charge in [-0.15, -0.1) is 0 Å². The highest BCUT2D eigenvalue weighted by Crippen LogP contribution is 2.24. The lowest BCUT2D eigenvalue weighted by molar-refractivity contribution is 0.102. The number of nitrogens with one attached hydrogen (secondary N) is 1. The van der Waals surface area contributed by atoms with Gasteiger partial charge >= 0.3 is 0 Å². The summed E-state index contributed by atoms with van der Waals surface area (Å²) < 4.78 is 24.5. The quantitative estimate of drug-likeness (QED) is 0.898. The second-order valence-electron chi connectivity index (χ2n) is 5.65. The van der Waals surface area contributed by atoms with Crippen LogP contribution in [-0.2, 0) is 10.0 Å². The van der Waals surface area contributed by atoms with Crippen molar-refractivity contribution in [1.29, 1.82) is 0 Å². The monoisotopic (exact) mass is 366 g/mol. The standard InChI is InChI=1S/C17H19ClN2O3S/c1-11-5-7-14(10-15(11)18)19-17(21)13-6-8-16(12(2)9-13)20(3)24(4,22)23/h5-10H,1-4H3,(H,19,21). The van der Waals surface area contributed by atoms with Crippen LogP contribution in [0.2, 0.25) is 5.02 Å². The summed E-state index contributed by atoms with van der Waals surface area (Å²) in [5, 5.41) is 3.36. The molecule has 0 fully saturated rings. The predicted molar refractivity (Wildman–Crippen MR) is 98.6 cm³/mol. The summed E-state index contributed by atoms with van der Waals surface area (Å²) in [4.78, 5) is 12.4. The fraction of sp³-hybridized carbons (Fsp3) is 0.235. The van der Waals surface area contributed by atoms with E-state index in [0.717, 1.165) is 11.8 Å². The molecule has 24 heavy (non-hydrogen) atoms. The summed E-state index contributed by atoms with van der Waals surface area (Å²) in [5.41, 5.74) is 3.20. The van der Waals surface area contributed by atoms with E-state index < -0.39 is 10.0 Å². The minimum atomic E-state index is -3.35. The highest BCUT2D eigenvalue weighted by molar-refractivity contribution is 7.92. The Balaban J connectivity index is 2.25. The molecule has 2 rings (SSSR count). The maximum absolute atomic E-state index is 12.4. The SMILES string of the molecule is Cc1ccc(NC(=O)c2ccc(N(C)S(C)(=O)=O)c(C)c2)cc1Cl. The van der Waals surface area contributed by atoms with Crippen molar-refractivity contribution in [2.75, 3.05) is 22.9 Å². The lowest BCUT2D eigenvalue weighted by Gasteiger charge is -2.19. The van der Waals surface area contributed by atoms with E-state index in [0.29, 0.717) is 27.5 Å². The lowest BCUT2D eigenvalue weighted by Crippen LogP contribution is -2.25. The summed E-state index contributed by atoms with van der Waals surface area (Å²) in [5.74, 6) is -0.286. The van der Waals surface area contributed by atoms with Gasteiger partial charge in [0, 0.05) is 23.3 Å². The van der Waals surface area contributed by atoms with Crippen LogP contribution >= 0.6 is 11.6 Å². The van der Waals surface area contributed by atoms with E-state index in [1.165, 1.54) is 11.4 Å². The van der Waals surface area contributed by atoms with E-state index in [1.807, 2.05) is 13.0 Å². The molecule has 0 aromatic heterocycles. The molecular formula is C17H19ClN2O3S. The Hall–Kier alpha value is -2.05. The van der Waals surface area contributed by atoms with Gasteiger partial charge in [-0.25, -0.2) is 8.42 Å². The number of carbonyl (C=O) groups is 1. The molecule has 0 saturated carbocycles. The number of halogens is 1. The Labute approximate surface area is 147 Å². The van der Waals surface area contributed by atoms with E-state index in [2.05, 4.69) is 5.32 Å². The van der Waals surface area contributed by atoms with Gasteiger partial charge in [0.05, 0.1) is 11.9 Å². The molecule has 0 unspecified atom stereocenters. The molecule has 0 atom stereocenters. The topological polar surface area (TPSA) is 66.5 Å². The number of anilines is 2. The number of carbonyl (C=O) groups excluding carboxylic acids is 1. The van der Waals surface area contributed by atoms with E-state index in [9.17, 15) is 13.2 Å². The number of sulfonamides is 1. The Morgan fingerprint density at radius 3 is 2.29 bits per heavy atom. The van der Waals surface area contributed by atoms with Gasteiger partial charge in [0.2, 0.25) is 10.0 Å². The Kier molecular flexibility index (Phi) is 5.20. The Morgan fingerprint density at radius 2 is 1.75 bits per heavy atom. The third-order valence-corrected chi connectivity index (χ3v) is 5.32. The maximum atomic E-state index is 12.4. The van der Waals surface area contributed by atoms with Gasteiger partial charge < -0.3 is 5.32 Å². The number of benzene rings is 2. The van der Waals surface area contributed by atoms with Crippen molar-refractivity contribution >= 4 is 38.9 Å². The van der Waals surface area contributed by atoms with Crippen molar-refractivity contribution in [3.63, 3.8) is 0 Å². The summed E-state index contributed by atoms with van der Waals surface area (Å²) >= 11 is 6.05. The van der Waals surface area contributed by atoms with Gasteiger partial charge in [0.25, 0.3) is 5.91 Å². The molecule has 5 nitrogen and oxygen atoms in total. The fourth-order valence-corrected chi connectivity index (χ4v) is 2.95. The van der Waals surface area contributed by atoms with Crippen LogP contribution in [0.15, 0.2) is 36.4 Å². The molecule has 1 N–H and O–H groups in total. The number of nitrogens with zero attached hydrogens (tertiary/aromatic N) is 1. The van der Waals surface area contributed by atoms with Crippen molar-refractivity contribution in [1.82, 2.24) is 0 Å². The zero-order valence-electron chi connectivity index (χ0n) is 13.9. The van der Waals surface area contributed by atoms with Crippen LogP contribution in [0.5, 0.6) is 0 Å². The van der Waals surface area contributed by atoms with Gasteiger partial charge in [-0.2, -0.15) is 0 Å². The van der Waals surface area contributed by atoms with Crippen LogP contribution in [0, 0.1) is 13.8 Å². The molecule has 0 radical (unpaired) electrons. The lowest BCUT2D eigenvalue weighted by atomic mass is 10.1. The number of amides is 1. The normalized spacial score (nSPS) is 11.2. The van der Waals surface area contributed by atoms with Crippen LogP contribution < -0.4 is 9.62 Å². The molecule has 0 aliphatic carbocycles. The molecule has 0 aliphatic rings. The fourth-order valence-electron chi connectivity index (χ4n) is 2.20. The molecule has 7 heteroatoms. The average Bonchev–Trinajstić information content (AvgIpc) is 2.49. The average molecular weight is 367 g/mol. The van der Waals surface area contributed by atoms with Crippen LogP contribution in [0.25, 0.3) is 0 Å². The molecule has 128 valence electrons. The first-order chi connectivity index (χ1) is 11.1. The van der Waals surface area contributed by atoms with Gasteiger partial charge in [-0.3, -0.25) is 9.10 Å². The minimum absolute atomic E-state index is 0.286. The van der Waals surface area contributed by atoms with Gasteiger partial charge in [0.1, 0.15) is 0 Å². The highest BCUT2D eigenvalue weighted by atomic mass is 35.5. The largest absolute Gasteiger partial charge is 0.322 e. The number of hydrogen-bond acceptors (Lipinski definition) is 3. The zero-order valence-corrected chi connectivity index (χ0v) is 15.5. The Morgan fingerprint density at radius 1 is 1.08 bits per heavy atom. The molecule has 0 saturated heterocycles. The summed E-state index contributed by atoms with van der Waals surface area (Å²) in [6.07, 6.45) is 1.13. The third kappa shape index (κ3) is 4.07. The molecule has 0 bridgehead atoms. The van der Waals surface area contributed by atoms with Crippen LogP contribution in [0.3, 0.4) is 0 Å². The maximum Gasteiger partial charge on any atom is 0.255 e. The number of hydrogen-bond donors (Lipinski definition) is 1. The van der Waals surface area contributed by atoms with E-state index >= 15 is 0 Å². The van der Waals surface area contributed by atoms with Crippen LogP contribution in [0.1, 0.15) is 21.5 Å². The zero-order chi connectivity index (χ0) is 18.1. The van der Waals surface area contributed by atoms with Crippen molar-refractivity contribution in [2.45, 2.75) is 13.8 Å². The van der Waals surface area contributed by atoms with Crippen LogP contribution in [-0.4, -0.2) is 27.6 Å². The molecular weight excluding hydrogens is 348 g/mol. The van der Waals surface area contributed by atoms with Gasteiger partial charge in [-0.05, 0) is 55.3 Å². The molecule has 1 amide bonds. The van der Waals surface area contributed by atoms with Gasteiger partial charge in [0.15, 0.2) is 0 Å². The van der Waals surface area contributed by atoms with E-state index in [4.69, 9.17) is 11.6 Å². The second kappa shape index (κ2) is 6.83. The first kappa shape index (κ1) is 18.3. The summed E-state index contributed by atoms with van der Waals surface area (Å²) in [6.45, 7) is 3.64. The molecule has 0 aliphatic heterocycles. The van der Waals surface area contributed by atoms with E-state index in [1.54, 1.807) is 37.3 Å². The second-order valence-corrected chi connectivity index (χ2v) is 8.07. The van der Waals surface area contributed by atoms with Crippen molar-refractivity contribution in [2.24, 2.45) is 0 Å². The third-order valence-electron chi connectivity index (χ3n) is 3.73. The molecule has 0 spiro atoms. The summed E-state index contributed by atoms with van der Waals surface area (Å²) in [6, 6.07) is 10.2. The number of aryl methyl sites for hydroxylation is 2. The molecule has 0 heterocycles. The van der Waals surface area contributed by atoms with Gasteiger partial charge in [-0.1, -0.05) is 17.7 Å². The molecule has 2 aromatic rings. The first-order valence-electron chi connectivity index (χ1n) is 7.21. The van der Waals surface area contributed by atoms with Crippen molar-refractivity contribution in [3.8, 4) is 0 Å². The highest BCUT2D eigenvalue weighted by Gasteiger charge is 2.16. The minimum Gasteiger partial charge on any atom is -0.322 e. The van der Waals surface area contributed by atoms with E-state index in [-0.39, 0.29) is 5.91 Å². The first-order valence-corrected chi connectivity index (χ1v) is 9.44. The van der Waals surface area contributed by atoms with Crippen LogP contribution in [0.4, 0.5) is 11.4 Å². The smallest absolute Gasteiger partial charge is 0.255 e. The molecule has 2 aromatic carbocycles. The predicted octanol–water partition coefficient (Wildman–Crippen LogP) is 3.60. The summed E-state index contributed by atoms with van der Waals surface area (Å²) in [7, 11) is -1.87. The van der Waals surface area contributed by atoms with Crippen molar-refractivity contribution in [3.05, 3.63) is 58.1 Å². The number of rotatable bonds is 4. The Bertz CT molecular complexity index is 895.